The molecule has 0 unspecified atom stereocenters. The van der Waals surface area contributed by atoms with Gasteiger partial charge in [-0.3, -0.25) is 0 Å². The molecule has 0 aliphatic heterocycles. The largest absolute Gasteiger partial charge is 0.387 e. The summed E-state index contributed by atoms with van der Waals surface area (Å²) in [5.41, 5.74) is 1.95. The second-order valence-electron chi connectivity index (χ2n) is 4.14. The molecule has 2 aromatic carbocycles. The van der Waals surface area contributed by atoms with Gasteiger partial charge in [0.2, 0.25) is 0 Å². The van der Waals surface area contributed by atoms with Crippen LogP contribution in [0.1, 0.15) is 23.1 Å². The van der Waals surface area contributed by atoms with Crippen LogP contribution in [0.4, 0.5) is 0 Å². The summed E-state index contributed by atoms with van der Waals surface area (Å²) in [5, 5.41) is 10.5. The van der Waals surface area contributed by atoms with Gasteiger partial charge in [-0.2, -0.15) is 0 Å². The van der Waals surface area contributed by atoms with E-state index < -0.39 is 6.10 Å². The zero-order valence-electron chi connectivity index (χ0n) is 9.96. The summed E-state index contributed by atoms with van der Waals surface area (Å²) in [6, 6.07) is 17.6. The Balaban J connectivity index is 2.35. The summed E-state index contributed by atoms with van der Waals surface area (Å²) in [5.74, 6) is -0.122. The van der Waals surface area contributed by atoms with E-state index in [9.17, 15) is 5.11 Å². The van der Waals surface area contributed by atoms with Crippen LogP contribution in [-0.4, -0.2) is 5.11 Å². The van der Waals surface area contributed by atoms with E-state index in [4.69, 9.17) is 0 Å². The monoisotopic (exact) mass is 302 g/mol. The second-order valence-corrected chi connectivity index (χ2v) is 4.99. The molecule has 0 saturated heterocycles. The van der Waals surface area contributed by atoms with E-state index in [0.29, 0.717) is 0 Å². The molecule has 2 atom stereocenters. The Bertz CT molecular complexity index is 522. The number of benzene rings is 2. The lowest BCUT2D eigenvalue weighted by Gasteiger charge is -2.21. The summed E-state index contributed by atoms with van der Waals surface area (Å²) in [7, 11) is 0. The number of aliphatic hydroxyl groups excluding tert-OH is 1. The Morgan fingerprint density at radius 1 is 1.00 bits per heavy atom. The van der Waals surface area contributed by atoms with E-state index >= 15 is 0 Å². The lowest BCUT2D eigenvalue weighted by atomic mass is 9.89. The van der Waals surface area contributed by atoms with Crippen molar-refractivity contribution < 1.29 is 5.11 Å². The number of aliphatic hydroxyl groups is 1. The van der Waals surface area contributed by atoms with Crippen LogP contribution in [0.15, 0.2) is 71.7 Å². The summed E-state index contributed by atoms with van der Waals surface area (Å²) in [6.45, 7) is 3.84. The van der Waals surface area contributed by atoms with E-state index in [2.05, 4.69) is 22.5 Å². The van der Waals surface area contributed by atoms with Crippen molar-refractivity contribution in [3.63, 3.8) is 0 Å². The molecule has 0 amide bonds. The lowest BCUT2D eigenvalue weighted by Crippen LogP contribution is -2.09. The molecule has 1 N–H and O–H groups in total. The zero-order valence-corrected chi connectivity index (χ0v) is 11.5. The minimum atomic E-state index is -0.581. The molecule has 0 bridgehead atoms. The number of rotatable bonds is 4. The first-order valence-corrected chi connectivity index (χ1v) is 6.63. The first-order chi connectivity index (χ1) is 8.74. The van der Waals surface area contributed by atoms with Gasteiger partial charge in [-0.05, 0) is 17.2 Å². The van der Waals surface area contributed by atoms with E-state index in [1.54, 1.807) is 6.08 Å². The second kappa shape index (κ2) is 5.98. The average molecular weight is 303 g/mol. The molecular weight excluding hydrogens is 288 g/mol. The standard InChI is InChI=1S/C16H15BrO/c1-2-13(14-10-6-7-11-15(14)17)16(18)12-8-4-3-5-9-12/h2-11,13,16,18H,1H2/t13-,16-/m0/s1. The van der Waals surface area contributed by atoms with Crippen LogP contribution in [0.3, 0.4) is 0 Å². The van der Waals surface area contributed by atoms with Crippen LogP contribution >= 0.6 is 15.9 Å². The third kappa shape index (κ3) is 2.71. The molecule has 0 aliphatic rings. The Labute approximate surface area is 116 Å². The van der Waals surface area contributed by atoms with Gasteiger partial charge in [0.1, 0.15) is 0 Å². The Morgan fingerprint density at radius 3 is 2.22 bits per heavy atom. The maximum Gasteiger partial charge on any atom is 0.0893 e. The maximum absolute atomic E-state index is 10.5. The predicted octanol–water partition coefficient (Wildman–Crippen LogP) is 4.45. The minimum absolute atomic E-state index is 0.122. The van der Waals surface area contributed by atoms with Gasteiger partial charge in [0.25, 0.3) is 0 Å². The first-order valence-electron chi connectivity index (χ1n) is 5.84. The highest BCUT2D eigenvalue weighted by Crippen LogP contribution is 2.35. The number of halogens is 1. The molecule has 2 heteroatoms. The van der Waals surface area contributed by atoms with E-state index in [1.165, 1.54) is 0 Å². The van der Waals surface area contributed by atoms with Crippen LogP contribution in [0.5, 0.6) is 0 Å². The molecule has 2 rings (SSSR count). The predicted molar refractivity (Wildman–Crippen MR) is 78.5 cm³/mol. The van der Waals surface area contributed by atoms with E-state index in [1.807, 2.05) is 54.6 Å². The summed E-state index contributed by atoms with van der Waals surface area (Å²) in [6.07, 6.45) is 1.21. The van der Waals surface area contributed by atoms with Crippen molar-refractivity contribution in [2.45, 2.75) is 12.0 Å². The van der Waals surface area contributed by atoms with Gasteiger partial charge in [-0.1, -0.05) is 70.5 Å². The normalized spacial score (nSPS) is 13.9. The fourth-order valence-electron chi connectivity index (χ4n) is 2.03. The fraction of sp³-hybridized carbons (Fsp3) is 0.125. The van der Waals surface area contributed by atoms with Crippen molar-refractivity contribution in [2.24, 2.45) is 0 Å². The molecule has 0 aliphatic carbocycles. The summed E-state index contributed by atoms with van der Waals surface area (Å²) < 4.78 is 0.991. The number of hydrogen-bond acceptors (Lipinski definition) is 1. The van der Waals surface area contributed by atoms with Crippen LogP contribution in [0, 0.1) is 0 Å². The van der Waals surface area contributed by atoms with Crippen molar-refractivity contribution in [1.82, 2.24) is 0 Å². The van der Waals surface area contributed by atoms with Crippen molar-refractivity contribution in [1.29, 1.82) is 0 Å². The van der Waals surface area contributed by atoms with Gasteiger partial charge < -0.3 is 5.11 Å². The Morgan fingerprint density at radius 2 is 1.61 bits per heavy atom. The quantitative estimate of drug-likeness (QED) is 0.827. The summed E-state index contributed by atoms with van der Waals surface area (Å²) >= 11 is 3.52. The maximum atomic E-state index is 10.5. The van der Waals surface area contributed by atoms with Crippen molar-refractivity contribution in [3.8, 4) is 0 Å². The van der Waals surface area contributed by atoms with Gasteiger partial charge in [0.05, 0.1) is 6.10 Å². The molecule has 92 valence electrons. The highest BCUT2D eigenvalue weighted by atomic mass is 79.9. The van der Waals surface area contributed by atoms with Gasteiger partial charge in [0.15, 0.2) is 0 Å². The van der Waals surface area contributed by atoms with Crippen molar-refractivity contribution in [2.75, 3.05) is 0 Å². The lowest BCUT2D eigenvalue weighted by molar-refractivity contribution is 0.161. The average Bonchev–Trinajstić information content (AvgIpc) is 2.42. The molecule has 0 saturated carbocycles. The van der Waals surface area contributed by atoms with Crippen LogP contribution in [-0.2, 0) is 0 Å². The molecule has 1 nitrogen and oxygen atoms in total. The molecule has 0 fully saturated rings. The highest BCUT2D eigenvalue weighted by Gasteiger charge is 2.21. The van der Waals surface area contributed by atoms with Crippen LogP contribution in [0.25, 0.3) is 0 Å². The molecule has 0 radical (unpaired) electrons. The Hall–Kier alpha value is -1.38. The van der Waals surface area contributed by atoms with Gasteiger partial charge in [-0.25, -0.2) is 0 Å². The summed E-state index contributed by atoms with van der Waals surface area (Å²) in [4.78, 5) is 0. The van der Waals surface area contributed by atoms with Gasteiger partial charge in [-0.15, -0.1) is 6.58 Å². The van der Waals surface area contributed by atoms with Crippen LogP contribution in [0.2, 0.25) is 0 Å². The molecule has 0 aromatic heterocycles. The molecule has 0 spiro atoms. The zero-order chi connectivity index (χ0) is 13.0. The highest BCUT2D eigenvalue weighted by molar-refractivity contribution is 9.10. The Kier molecular flexibility index (Phi) is 4.34. The third-order valence-electron chi connectivity index (χ3n) is 3.00. The van der Waals surface area contributed by atoms with Crippen molar-refractivity contribution in [3.05, 3.63) is 82.9 Å². The van der Waals surface area contributed by atoms with Crippen molar-refractivity contribution >= 4 is 15.9 Å². The first kappa shape index (κ1) is 13.1. The smallest absolute Gasteiger partial charge is 0.0893 e. The van der Waals surface area contributed by atoms with E-state index in [0.717, 1.165) is 15.6 Å². The molecule has 0 heterocycles. The third-order valence-corrected chi connectivity index (χ3v) is 3.72. The molecular formula is C16H15BrO. The SMILES string of the molecule is C=C[C@@H](c1ccccc1Br)[C@@H](O)c1ccccc1. The topological polar surface area (TPSA) is 20.2 Å². The number of hydrogen-bond donors (Lipinski definition) is 1. The van der Waals surface area contributed by atoms with Gasteiger partial charge in [0, 0.05) is 10.4 Å². The van der Waals surface area contributed by atoms with E-state index in [-0.39, 0.29) is 5.92 Å². The fourth-order valence-corrected chi connectivity index (χ4v) is 2.58. The molecule has 2 aromatic rings. The molecule has 18 heavy (non-hydrogen) atoms. The van der Waals surface area contributed by atoms with Gasteiger partial charge >= 0.3 is 0 Å². The minimum Gasteiger partial charge on any atom is -0.387 e. The van der Waals surface area contributed by atoms with Crippen LogP contribution < -0.4 is 0 Å².